The highest BCUT2D eigenvalue weighted by Gasteiger charge is 2.46. The number of halogens is 3. The largest absolute Gasteiger partial charge is 0.288 e. The summed E-state index contributed by atoms with van der Waals surface area (Å²) in [6, 6.07) is 5.10. The van der Waals surface area contributed by atoms with E-state index < -0.39 is 33.9 Å². The van der Waals surface area contributed by atoms with E-state index in [9.17, 15) is 31.6 Å². The Bertz CT molecular complexity index is 1240. The molecule has 4 rings (SSSR count). The fourth-order valence-corrected chi connectivity index (χ4v) is 4.87. The van der Waals surface area contributed by atoms with E-state index >= 15 is 0 Å². The van der Waals surface area contributed by atoms with Crippen LogP contribution in [-0.4, -0.2) is 42.8 Å². The number of amides is 1. The molecule has 0 saturated heterocycles. The normalized spacial score (nSPS) is 18.2. The van der Waals surface area contributed by atoms with Crippen LogP contribution >= 0.6 is 0 Å². The number of alkyl halides is 3. The average molecular weight is 464 g/mol. The molecule has 1 amide bonds. The van der Waals surface area contributed by atoms with E-state index in [1.54, 1.807) is 0 Å². The van der Waals surface area contributed by atoms with Crippen LogP contribution in [0.15, 0.2) is 29.4 Å². The molecule has 1 saturated carbocycles. The third-order valence-electron chi connectivity index (χ3n) is 5.88. The highest BCUT2D eigenvalue weighted by molar-refractivity contribution is 7.91. The van der Waals surface area contributed by atoms with Gasteiger partial charge in [-0.2, -0.15) is 5.26 Å². The van der Waals surface area contributed by atoms with Crippen LogP contribution in [0.4, 0.5) is 18.9 Å². The summed E-state index contributed by atoms with van der Waals surface area (Å²) in [4.78, 5) is 20.8. The van der Waals surface area contributed by atoms with Crippen molar-refractivity contribution >= 4 is 21.4 Å². The molecule has 0 radical (unpaired) electrons. The Balaban J connectivity index is 1.83. The second kappa shape index (κ2) is 7.85. The van der Waals surface area contributed by atoms with Gasteiger partial charge in [-0.25, -0.2) is 21.6 Å². The highest BCUT2D eigenvalue weighted by atomic mass is 32.2. The third kappa shape index (κ3) is 3.62. The highest BCUT2D eigenvalue weighted by Crippen LogP contribution is 2.48. The number of aromatic nitrogens is 2. The van der Waals surface area contributed by atoms with Crippen molar-refractivity contribution in [2.24, 2.45) is 0 Å². The van der Waals surface area contributed by atoms with Crippen LogP contribution < -0.4 is 4.90 Å². The molecule has 1 atom stereocenters. The molecule has 1 aliphatic heterocycles. The van der Waals surface area contributed by atoms with Crippen molar-refractivity contribution in [3.05, 3.63) is 35.7 Å². The number of anilines is 1. The van der Waals surface area contributed by atoms with E-state index in [1.165, 1.54) is 25.3 Å². The van der Waals surface area contributed by atoms with Gasteiger partial charge in [0.15, 0.2) is 9.84 Å². The minimum atomic E-state index is -3.74. The number of carbonyl (C=O) groups is 1. The Morgan fingerprint density at radius 2 is 1.91 bits per heavy atom. The minimum Gasteiger partial charge on any atom is -0.274 e. The fourth-order valence-electron chi connectivity index (χ4n) is 3.80. The van der Waals surface area contributed by atoms with Gasteiger partial charge in [0, 0.05) is 12.6 Å². The van der Waals surface area contributed by atoms with E-state index in [2.05, 4.69) is 16.0 Å². The van der Waals surface area contributed by atoms with Crippen molar-refractivity contribution in [2.45, 2.75) is 55.6 Å². The van der Waals surface area contributed by atoms with Gasteiger partial charge in [0.25, 0.3) is 6.43 Å². The monoisotopic (exact) mass is 464 g/mol. The molecular formula is C21H19F3N4O3S. The number of nitriles is 1. The summed E-state index contributed by atoms with van der Waals surface area (Å²) < 4.78 is 65.5. The minimum absolute atomic E-state index is 0.0567. The molecule has 0 spiro atoms. The Kier molecular flexibility index (Phi) is 5.45. The smallest absolute Gasteiger partial charge is 0.274 e. The molecule has 1 fully saturated rings. The van der Waals surface area contributed by atoms with Crippen molar-refractivity contribution in [1.82, 2.24) is 9.97 Å². The van der Waals surface area contributed by atoms with E-state index in [4.69, 9.17) is 0 Å². The molecule has 168 valence electrons. The van der Waals surface area contributed by atoms with E-state index in [-0.39, 0.29) is 40.6 Å². The Hall–Kier alpha value is -3.00. The number of carbonyl (C=O) groups excluding carboxylic acids is 1. The van der Waals surface area contributed by atoms with Crippen LogP contribution in [0.2, 0.25) is 0 Å². The first kappa shape index (κ1) is 22.2. The van der Waals surface area contributed by atoms with Gasteiger partial charge >= 0.3 is 0 Å². The Morgan fingerprint density at radius 1 is 1.19 bits per heavy atom. The summed E-state index contributed by atoms with van der Waals surface area (Å²) >= 11 is 0. The molecule has 1 unspecified atom stereocenters. The van der Waals surface area contributed by atoms with Crippen LogP contribution in [0.5, 0.6) is 0 Å². The van der Waals surface area contributed by atoms with Gasteiger partial charge in [0.2, 0.25) is 12.2 Å². The lowest BCUT2D eigenvalue weighted by molar-refractivity contribution is -0.121. The van der Waals surface area contributed by atoms with Gasteiger partial charge in [-0.15, -0.1) is 0 Å². The average Bonchev–Trinajstić information content (AvgIpc) is 3.59. The fraction of sp³-hybridized carbons (Fsp3) is 0.429. The first-order chi connectivity index (χ1) is 15.1. The van der Waals surface area contributed by atoms with Crippen molar-refractivity contribution in [2.75, 3.05) is 10.7 Å². The van der Waals surface area contributed by atoms with Crippen LogP contribution in [-0.2, 0) is 26.5 Å². The lowest BCUT2D eigenvalue weighted by atomic mass is 9.98. The summed E-state index contributed by atoms with van der Waals surface area (Å²) in [6.45, 7) is 1.48. The summed E-state index contributed by atoms with van der Waals surface area (Å²) in [5.41, 5.74) is 0.309. The van der Waals surface area contributed by atoms with Crippen molar-refractivity contribution in [3.63, 3.8) is 0 Å². The van der Waals surface area contributed by atoms with Gasteiger partial charge in [-0.1, -0.05) is 6.92 Å². The number of rotatable bonds is 6. The number of nitrogens with zero attached hydrogens (tertiary/aromatic N) is 4. The molecule has 1 aliphatic carbocycles. The molecule has 0 aromatic carbocycles. The number of fused-ring (bicyclic) bond motifs is 1. The van der Waals surface area contributed by atoms with Gasteiger partial charge in [-0.05, 0) is 42.5 Å². The van der Waals surface area contributed by atoms with Crippen molar-refractivity contribution < 1.29 is 26.4 Å². The third-order valence-corrected chi connectivity index (χ3v) is 7.63. The van der Waals surface area contributed by atoms with Crippen LogP contribution in [0.25, 0.3) is 11.4 Å². The molecule has 11 heteroatoms. The van der Waals surface area contributed by atoms with Gasteiger partial charge in [0.1, 0.15) is 5.69 Å². The second-order valence-corrected chi connectivity index (χ2v) is 10.1. The molecule has 3 heterocycles. The molecule has 2 aromatic rings. The van der Waals surface area contributed by atoms with Gasteiger partial charge in [-0.3, -0.25) is 19.7 Å². The molecule has 7 nitrogen and oxygen atoms in total. The summed E-state index contributed by atoms with van der Waals surface area (Å²) in [5, 5.41) is 9.45. The Labute approximate surface area is 182 Å². The summed E-state index contributed by atoms with van der Waals surface area (Å²) in [6.07, 6.45) is -2.41. The van der Waals surface area contributed by atoms with Gasteiger partial charge < -0.3 is 0 Å². The first-order valence-corrected chi connectivity index (χ1v) is 11.7. The topological polar surface area (TPSA) is 104 Å². The van der Waals surface area contributed by atoms with E-state index in [1.807, 2.05) is 0 Å². The number of hydrogen-bond donors (Lipinski definition) is 0. The first-order valence-electron chi connectivity index (χ1n) is 10.0. The SMILES string of the molecule is CCS(=O)(=O)c1cc(C2(C#N)CC2)cnc1-c1cc2c(cn1)N(C(F)C(F)F)C(=O)CC2. The Morgan fingerprint density at radius 3 is 2.50 bits per heavy atom. The van der Waals surface area contributed by atoms with Crippen molar-refractivity contribution in [3.8, 4) is 17.5 Å². The number of sulfone groups is 1. The lowest BCUT2D eigenvalue weighted by Crippen LogP contribution is -2.44. The molecule has 0 N–H and O–H groups in total. The predicted octanol–water partition coefficient (Wildman–Crippen LogP) is 3.33. The van der Waals surface area contributed by atoms with E-state index in [0.717, 1.165) is 6.20 Å². The summed E-state index contributed by atoms with van der Waals surface area (Å²) in [7, 11) is -3.74. The molecule has 2 aromatic heterocycles. The molecule has 2 aliphatic rings. The quantitative estimate of drug-likeness (QED) is 0.608. The van der Waals surface area contributed by atoms with Crippen molar-refractivity contribution in [1.29, 1.82) is 5.26 Å². The second-order valence-electron chi connectivity index (χ2n) is 7.84. The van der Waals surface area contributed by atoms with Crippen LogP contribution in [0.3, 0.4) is 0 Å². The maximum atomic E-state index is 14.0. The zero-order valence-corrected chi connectivity index (χ0v) is 17.9. The number of hydrogen-bond acceptors (Lipinski definition) is 6. The standard InChI is InChI=1S/C21H19F3N4O3S/c1-2-32(30,31)16-8-13(21(11-25)5-6-21)9-27-18(16)14-7-12-3-4-17(29)28(15(12)10-26-14)20(24)19(22)23/h7-10,19-20H,2-6H2,1H3. The summed E-state index contributed by atoms with van der Waals surface area (Å²) in [5.74, 6) is -0.974. The molecule has 32 heavy (non-hydrogen) atoms. The van der Waals surface area contributed by atoms with Crippen LogP contribution in [0.1, 0.15) is 37.3 Å². The van der Waals surface area contributed by atoms with E-state index in [0.29, 0.717) is 28.9 Å². The maximum Gasteiger partial charge on any atom is 0.288 e. The number of aryl methyl sites for hydroxylation is 1. The zero-order valence-electron chi connectivity index (χ0n) is 17.1. The molecular weight excluding hydrogens is 445 g/mol. The van der Waals surface area contributed by atoms with Crippen LogP contribution in [0, 0.1) is 11.3 Å². The number of pyridine rings is 2. The zero-order chi connectivity index (χ0) is 23.3. The van der Waals surface area contributed by atoms with Gasteiger partial charge in [0.05, 0.1) is 39.7 Å². The molecule has 0 bridgehead atoms. The lowest BCUT2D eigenvalue weighted by Gasteiger charge is -2.31. The maximum absolute atomic E-state index is 14.0. The predicted molar refractivity (Wildman–Crippen MR) is 108 cm³/mol.